The maximum atomic E-state index is 11.2. The number of para-hydroxylation sites is 1. The standard InChI is InChI=1S/C12H17N3O2S2/c1-13-10-3-2-4-11(12(10)15(16)17)14-7-9-8-18-5-6-19-9/h2-4,9,13-14H,5-8H2,1H3. The minimum absolute atomic E-state index is 0.124. The van der Waals surface area contributed by atoms with Crippen molar-refractivity contribution in [3.8, 4) is 0 Å². The maximum absolute atomic E-state index is 11.2. The first-order valence-electron chi connectivity index (χ1n) is 6.10. The Kier molecular flexibility index (Phi) is 5.21. The van der Waals surface area contributed by atoms with Crippen LogP contribution in [0.2, 0.25) is 0 Å². The highest BCUT2D eigenvalue weighted by atomic mass is 32.2. The van der Waals surface area contributed by atoms with E-state index in [0.29, 0.717) is 16.6 Å². The molecule has 0 aromatic heterocycles. The number of hydrogen-bond acceptors (Lipinski definition) is 6. The van der Waals surface area contributed by atoms with E-state index in [4.69, 9.17) is 0 Å². The summed E-state index contributed by atoms with van der Waals surface area (Å²) in [5.41, 5.74) is 1.26. The lowest BCUT2D eigenvalue weighted by Crippen LogP contribution is -2.23. The molecule has 1 unspecified atom stereocenters. The summed E-state index contributed by atoms with van der Waals surface area (Å²) >= 11 is 3.89. The topological polar surface area (TPSA) is 67.2 Å². The number of nitrogens with zero attached hydrogens (tertiary/aromatic N) is 1. The summed E-state index contributed by atoms with van der Waals surface area (Å²) in [6.07, 6.45) is 0. The molecule has 104 valence electrons. The summed E-state index contributed by atoms with van der Waals surface area (Å²) in [6, 6.07) is 5.30. The van der Waals surface area contributed by atoms with E-state index in [0.717, 1.165) is 18.1 Å². The first kappa shape index (κ1) is 14.3. The van der Waals surface area contributed by atoms with Gasteiger partial charge in [0.1, 0.15) is 11.4 Å². The van der Waals surface area contributed by atoms with Crippen molar-refractivity contribution in [1.82, 2.24) is 0 Å². The SMILES string of the molecule is CNc1cccc(NCC2CSCCS2)c1[N+](=O)[O-]. The van der Waals surface area contributed by atoms with Crippen LogP contribution in [0, 0.1) is 10.1 Å². The van der Waals surface area contributed by atoms with Crippen LogP contribution in [0.3, 0.4) is 0 Å². The largest absolute Gasteiger partial charge is 0.382 e. The Balaban J connectivity index is 2.08. The molecule has 2 N–H and O–H groups in total. The molecular formula is C12H17N3O2S2. The highest BCUT2D eigenvalue weighted by molar-refractivity contribution is 8.06. The molecule has 1 aromatic carbocycles. The van der Waals surface area contributed by atoms with Gasteiger partial charge in [-0.2, -0.15) is 23.5 Å². The molecule has 0 saturated carbocycles. The second kappa shape index (κ2) is 6.91. The lowest BCUT2D eigenvalue weighted by atomic mass is 10.2. The lowest BCUT2D eigenvalue weighted by molar-refractivity contribution is -0.383. The fourth-order valence-electron chi connectivity index (χ4n) is 1.96. The minimum atomic E-state index is -0.336. The Labute approximate surface area is 121 Å². The molecule has 1 atom stereocenters. The Morgan fingerprint density at radius 2 is 2.21 bits per heavy atom. The Hall–Kier alpha value is -1.08. The highest BCUT2D eigenvalue weighted by Gasteiger charge is 2.20. The molecule has 0 amide bonds. The van der Waals surface area contributed by atoms with Crippen LogP contribution >= 0.6 is 23.5 Å². The molecule has 5 nitrogen and oxygen atoms in total. The lowest BCUT2D eigenvalue weighted by Gasteiger charge is -2.21. The van der Waals surface area contributed by atoms with Gasteiger partial charge < -0.3 is 10.6 Å². The van der Waals surface area contributed by atoms with Crippen molar-refractivity contribution in [3.05, 3.63) is 28.3 Å². The van der Waals surface area contributed by atoms with Crippen molar-refractivity contribution in [3.63, 3.8) is 0 Å². The Morgan fingerprint density at radius 3 is 2.84 bits per heavy atom. The number of thioether (sulfide) groups is 2. The van der Waals surface area contributed by atoms with E-state index >= 15 is 0 Å². The van der Waals surface area contributed by atoms with E-state index in [-0.39, 0.29) is 10.6 Å². The molecule has 0 bridgehead atoms. The summed E-state index contributed by atoms with van der Waals surface area (Å²) < 4.78 is 0. The van der Waals surface area contributed by atoms with Crippen molar-refractivity contribution >= 4 is 40.6 Å². The number of anilines is 2. The van der Waals surface area contributed by atoms with Gasteiger partial charge in [0.2, 0.25) is 0 Å². The van der Waals surface area contributed by atoms with Crippen LogP contribution in [0.4, 0.5) is 17.1 Å². The van der Waals surface area contributed by atoms with Crippen LogP contribution in [0.1, 0.15) is 0 Å². The Bertz CT molecular complexity index is 451. The molecule has 2 rings (SSSR count). The van der Waals surface area contributed by atoms with Crippen LogP contribution in [0.25, 0.3) is 0 Å². The van der Waals surface area contributed by atoms with E-state index in [9.17, 15) is 10.1 Å². The molecule has 1 saturated heterocycles. The number of hydrogen-bond donors (Lipinski definition) is 2. The van der Waals surface area contributed by atoms with Crippen LogP contribution in [0.5, 0.6) is 0 Å². The zero-order chi connectivity index (χ0) is 13.7. The molecule has 19 heavy (non-hydrogen) atoms. The third-order valence-electron chi connectivity index (χ3n) is 2.89. The quantitative estimate of drug-likeness (QED) is 0.644. The molecule has 0 aliphatic carbocycles. The summed E-state index contributed by atoms with van der Waals surface area (Å²) in [5.74, 6) is 3.48. The highest BCUT2D eigenvalue weighted by Crippen LogP contribution is 2.33. The van der Waals surface area contributed by atoms with Gasteiger partial charge in [-0.25, -0.2) is 0 Å². The van der Waals surface area contributed by atoms with Crippen molar-refractivity contribution in [2.45, 2.75) is 5.25 Å². The summed E-state index contributed by atoms with van der Waals surface area (Å²) in [5, 5.41) is 17.8. The smallest absolute Gasteiger partial charge is 0.315 e. The second-order valence-corrected chi connectivity index (χ2v) is 6.72. The van der Waals surface area contributed by atoms with Gasteiger partial charge in [-0.1, -0.05) is 6.07 Å². The number of nitro benzene ring substituents is 1. The molecular weight excluding hydrogens is 282 g/mol. The number of nitrogens with one attached hydrogen (secondary N) is 2. The monoisotopic (exact) mass is 299 g/mol. The van der Waals surface area contributed by atoms with Crippen molar-refractivity contribution in [2.75, 3.05) is 41.5 Å². The predicted molar refractivity (Wildman–Crippen MR) is 84.7 cm³/mol. The normalized spacial score (nSPS) is 18.9. The van der Waals surface area contributed by atoms with Gasteiger partial charge in [-0.05, 0) is 12.1 Å². The number of nitro groups is 1. The van der Waals surface area contributed by atoms with Crippen LogP contribution < -0.4 is 10.6 Å². The third kappa shape index (κ3) is 3.70. The van der Waals surface area contributed by atoms with Crippen LogP contribution in [0.15, 0.2) is 18.2 Å². The average Bonchev–Trinajstić information content (AvgIpc) is 2.45. The molecule has 1 fully saturated rings. The predicted octanol–water partition coefficient (Wildman–Crippen LogP) is 2.90. The van der Waals surface area contributed by atoms with Gasteiger partial charge in [-0.15, -0.1) is 0 Å². The second-order valence-electron chi connectivity index (χ2n) is 4.16. The van der Waals surface area contributed by atoms with E-state index in [1.54, 1.807) is 19.2 Å². The third-order valence-corrected chi connectivity index (χ3v) is 5.74. The molecule has 1 aliphatic rings. The van der Waals surface area contributed by atoms with Crippen LogP contribution in [-0.2, 0) is 0 Å². The molecule has 1 aromatic rings. The van der Waals surface area contributed by atoms with Crippen LogP contribution in [-0.4, -0.2) is 41.0 Å². The van der Waals surface area contributed by atoms with Gasteiger partial charge in [0.15, 0.2) is 0 Å². The van der Waals surface area contributed by atoms with E-state index in [1.807, 2.05) is 29.6 Å². The first-order chi connectivity index (χ1) is 9.22. The zero-order valence-corrected chi connectivity index (χ0v) is 12.4. The van der Waals surface area contributed by atoms with Crippen molar-refractivity contribution < 1.29 is 4.92 Å². The van der Waals surface area contributed by atoms with E-state index in [1.165, 1.54) is 5.75 Å². The Morgan fingerprint density at radius 1 is 1.42 bits per heavy atom. The van der Waals surface area contributed by atoms with Gasteiger partial charge >= 0.3 is 5.69 Å². The zero-order valence-electron chi connectivity index (χ0n) is 10.7. The fourth-order valence-corrected chi connectivity index (χ4v) is 4.57. The minimum Gasteiger partial charge on any atom is -0.382 e. The van der Waals surface area contributed by atoms with E-state index < -0.39 is 0 Å². The molecule has 0 radical (unpaired) electrons. The first-order valence-corrected chi connectivity index (χ1v) is 8.31. The summed E-state index contributed by atoms with van der Waals surface area (Å²) in [4.78, 5) is 10.8. The van der Waals surface area contributed by atoms with Crippen molar-refractivity contribution in [2.24, 2.45) is 0 Å². The van der Waals surface area contributed by atoms with Crippen molar-refractivity contribution in [1.29, 1.82) is 0 Å². The number of benzene rings is 1. The fraction of sp³-hybridized carbons (Fsp3) is 0.500. The van der Waals surface area contributed by atoms with E-state index in [2.05, 4.69) is 10.6 Å². The maximum Gasteiger partial charge on any atom is 0.315 e. The molecule has 7 heteroatoms. The van der Waals surface area contributed by atoms with Gasteiger partial charge in [-0.3, -0.25) is 10.1 Å². The summed E-state index contributed by atoms with van der Waals surface area (Å²) in [7, 11) is 1.69. The summed E-state index contributed by atoms with van der Waals surface area (Å²) in [6.45, 7) is 0.770. The molecule has 1 aliphatic heterocycles. The van der Waals surface area contributed by atoms with Gasteiger partial charge in [0.05, 0.1) is 4.92 Å². The average molecular weight is 299 g/mol. The molecule has 1 heterocycles. The van der Waals surface area contributed by atoms with Gasteiger partial charge in [0, 0.05) is 36.1 Å². The van der Waals surface area contributed by atoms with Gasteiger partial charge in [0.25, 0.3) is 0 Å². The molecule has 0 spiro atoms. The number of rotatable bonds is 5.